The van der Waals surface area contributed by atoms with E-state index < -0.39 is 12.2 Å². The van der Waals surface area contributed by atoms with Crippen molar-refractivity contribution in [3.8, 4) is 0 Å². The normalized spacial score (nSPS) is 25.8. The van der Waals surface area contributed by atoms with Gasteiger partial charge >= 0.3 is 6.09 Å². The minimum atomic E-state index is -0.522. The Hall–Kier alpha value is -2.68. The quantitative estimate of drug-likeness (QED) is 0.510. The van der Waals surface area contributed by atoms with Crippen molar-refractivity contribution in [2.45, 2.75) is 19.6 Å². The van der Waals surface area contributed by atoms with Crippen LogP contribution in [0.4, 0.5) is 20.6 Å². The predicted octanol–water partition coefficient (Wildman–Crippen LogP) is -1.04. The summed E-state index contributed by atoms with van der Waals surface area (Å²) in [4.78, 5) is 26.8. The monoisotopic (exact) mass is 504 g/mol. The van der Waals surface area contributed by atoms with E-state index in [0.29, 0.717) is 29.1 Å². The molecule has 0 bridgehead atoms. The Morgan fingerprint density at radius 3 is 2.56 bits per heavy atom. The van der Waals surface area contributed by atoms with Gasteiger partial charge in [0.15, 0.2) is 18.9 Å². The van der Waals surface area contributed by atoms with Gasteiger partial charge in [-0.15, -0.1) is 0 Å². The summed E-state index contributed by atoms with van der Waals surface area (Å²) in [5, 5.41) is 2.64. The number of benzene rings is 1. The van der Waals surface area contributed by atoms with Crippen molar-refractivity contribution in [3.63, 3.8) is 0 Å². The van der Waals surface area contributed by atoms with E-state index >= 15 is 0 Å². The number of amides is 2. The zero-order valence-electron chi connectivity index (χ0n) is 17.8. The molecule has 2 aliphatic heterocycles. The molecule has 2 amide bonds. The zero-order chi connectivity index (χ0) is 21.5. The summed E-state index contributed by atoms with van der Waals surface area (Å²) in [6.07, 6.45) is 3.22. The van der Waals surface area contributed by atoms with E-state index in [2.05, 4.69) is 27.2 Å². The molecule has 7 nitrogen and oxygen atoms in total. The third-order valence-corrected chi connectivity index (χ3v) is 6.61. The maximum Gasteiger partial charge on any atom is 0.414 e. The Morgan fingerprint density at radius 1 is 1.19 bits per heavy atom. The van der Waals surface area contributed by atoms with Crippen LogP contribution in [0.3, 0.4) is 0 Å². The lowest BCUT2D eigenvalue weighted by Crippen LogP contribution is -3.00. The number of cyclic esters (lactones) is 1. The molecule has 9 heteroatoms. The van der Waals surface area contributed by atoms with E-state index in [9.17, 15) is 14.0 Å². The highest BCUT2D eigenvalue weighted by molar-refractivity contribution is 5.90. The Kier molecular flexibility index (Phi) is 6.37. The zero-order valence-corrected chi connectivity index (χ0v) is 19.4. The van der Waals surface area contributed by atoms with Crippen molar-refractivity contribution >= 4 is 23.4 Å². The van der Waals surface area contributed by atoms with Gasteiger partial charge in [-0.3, -0.25) is 9.69 Å². The van der Waals surface area contributed by atoms with Gasteiger partial charge in [0.1, 0.15) is 11.9 Å². The van der Waals surface area contributed by atoms with Gasteiger partial charge < -0.3 is 31.9 Å². The summed E-state index contributed by atoms with van der Waals surface area (Å²) in [6.45, 7) is 4.69. The van der Waals surface area contributed by atoms with Crippen molar-refractivity contribution in [2.75, 3.05) is 36.0 Å². The summed E-state index contributed by atoms with van der Waals surface area (Å²) in [5.74, 6) is 1.36. The van der Waals surface area contributed by atoms with Gasteiger partial charge in [0, 0.05) is 38.1 Å². The second kappa shape index (κ2) is 9.05. The highest BCUT2D eigenvalue weighted by atomic mass is 79.9. The number of pyridine rings is 1. The van der Waals surface area contributed by atoms with Gasteiger partial charge in [0.2, 0.25) is 5.91 Å². The van der Waals surface area contributed by atoms with E-state index in [4.69, 9.17) is 4.74 Å². The number of rotatable bonds is 6. The molecule has 3 aliphatic rings. The maximum absolute atomic E-state index is 14.9. The molecule has 3 heterocycles. The molecule has 1 unspecified atom stereocenters. The lowest BCUT2D eigenvalue weighted by Gasteiger charge is -2.23. The standard InChI is InChI=1S/C23H25FN4O3.BrH/c1-15(29)25-10-17-11-28(23(30)31-17)16-5-6-22(21(24)9-16)27-13-19-18(20(19)14-27)12-26-7-3-2-4-8-26;/h2-9,17-20H,10-14H2,1H3;1H/t17-,18?,19-,20+;/m0./s1. The van der Waals surface area contributed by atoms with Crippen LogP contribution in [0.5, 0.6) is 0 Å². The minimum Gasteiger partial charge on any atom is -1.00 e. The highest BCUT2D eigenvalue weighted by Gasteiger charge is 2.57. The SMILES string of the molecule is CC(=O)NC[C@H]1CN(c2ccc(N3C[C@@H]4C(C[n+]5ccccc5)[C@@H]4C3)c(F)c2)C(=O)O1.[Br-]. The van der Waals surface area contributed by atoms with E-state index in [0.717, 1.165) is 19.6 Å². The number of piperidine rings is 1. The largest absolute Gasteiger partial charge is 1.00 e. The van der Waals surface area contributed by atoms with Gasteiger partial charge in [-0.25, -0.2) is 13.8 Å². The van der Waals surface area contributed by atoms with Crippen molar-refractivity contribution in [3.05, 3.63) is 54.6 Å². The number of nitrogens with one attached hydrogen (secondary N) is 1. The fraction of sp³-hybridized carbons (Fsp3) is 0.435. The van der Waals surface area contributed by atoms with Gasteiger partial charge in [-0.05, 0) is 30.0 Å². The second-order valence-corrected chi connectivity index (χ2v) is 8.66. The van der Waals surface area contributed by atoms with Crippen molar-refractivity contribution < 1.29 is 40.3 Å². The van der Waals surface area contributed by atoms with E-state index in [1.807, 2.05) is 18.2 Å². The van der Waals surface area contributed by atoms with Crippen LogP contribution in [0.2, 0.25) is 0 Å². The molecular weight excluding hydrogens is 479 g/mol. The Balaban J connectivity index is 0.00000245. The number of hydrogen-bond donors (Lipinski definition) is 1. The summed E-state index contributed by atoms with van der Waals surface area (Å²) < 4.78 is 22.4. The molecule has 3 fully saturated rings. The number of carbonyl (C=O) groups is 2. The van der Waals surface area contributed by atoms with Crippen molar-refractivity contribution in [1.82, 2.24) is 5.32 Å². The molecule has 1 N–H and O–H groups in total. The molecule has 0 spiro atoms. The topological polar surface area (TPSA) is 65.8 Å². The number of halogens is 2. The van der Waals surface area contributed by atoms with Crippen LogP contribution in [0.15, 0.2) is 48.8 Å². The fourth-order valence-corrected chi connectivity index (χ4v) is 4.93. The summed E-state index contributed by atoms with van der Waals surface area (Å²) >= 11 is 0. The first-order valence-electron chi connectivity index (χ1n) is 10.7. The average Bonchev–Trinajstić information content (AvgIpc) is 3.07. The molecule has 32 heavy (non-hydrogen) atoms. The minimum absolute atomic E-state index is 0. The first kappa shape index (κ1) is 22.5. The first-order chi connectivity index (χ1) is 15.0. The molecule has 1 aliphatic carbocycles. The molecule has 4 atom stereocenters. The van der Waals surface area contributed by atoms with Crippen molar-refractivity contribution in [2.24, 2.45) is 17.8 Å². The maximum atomic E-state index is 14.9. The smallest absolute Gasteiger partial charge is 0.414 e. The number of aromatic nitrogens is 1. The molecule has 1 saturated carbocycles. The lowest BCUT2D eigenvalue weighted by molar-refractivity contribution is -0.700. The van der Waals surface area contributed by atoms with Crippen LogP contribution in [-0.2, 0) is 16.1 Å². The summed E-state index contributed by atoms with van der Waals surface area (Å²) in [6, 6.07) is 11.0. The predicted molar refractivity (Wildman–Crippen MR) is 112 cm³/mol. The van der Waals surface area contributed by atoms with E-state index in [-0.39, 0.29) is 41.8 Å². The van der Waals surface area contributed by atoms with Crippen LogP contribution in [-0.4, -0.2) is 44.3 Å². The first-order valence-corrected chi connectivity index (χ1v) is 10.7. The van der Waals surface area contributed by atoms with Crippen LogP contribution in [0.1, 0.15) is 6.92 Å². The number of fused-ring (bicyclic) bond motifs is 1. The lowest BCUT2D eigenvalue weighted by atomic mass is 10.2. The molecule has 170 valence electrons. The Bertz CT molecular complexity index is 996. The fourth-order valence-electron chi connectivity index (χ4n) is 4.93. The van der Waals surface area contributed by atoms with Gasteiger partial charge in [0.05, 0.1) is 24.5 Å². The number of ether oxygens (including phenoxy) is 1. The Labute approximate surface area is 196 Å². The van der Waals surface area contributed by atoms with Gasteiger partial charge in [-0.2, -0.15) is 0 Å². The third-order valence-electron chi connectivity index (χ3n) is 6.61. The van der Waals surface area contributed by atoms with Gasteiger partial charge in [0.25, 0.3) is 0 Å². The molecule has 0 radical (unpaired) electrons. The van der Waals surface area contributed by atoms with Crippen molar-refractivity contribution in [1.29, 1.82) is 0 Å². The second-order valence-electron chi connectivity index (χ2n) is 8.66. The molecule has 2 saturated heterocycles. The van der Waals surface area contributed by atoms with Crippen LogP contribution in [0.25, 0.3) is 0 Å². The average molecular weight is 505 g/mol. The van der Waals surface area contributed by atoms with Crippen LogP contribution in [0, 0.1) is 23.6 Å². The van der Waals surface area contributed by atoms with E-state index in [1.54, 1.807) is 12.1 Å². The van der Waals surface area contributed by atoms with Crippen LogP contribution >= 0.6 is 0 Å². The van der Waals surface area contributed by atoms with E-state index in [1.165, 1.54) is 17.9 Å². The summed E-state index contributed by atoms with van der Waals surface area (Å²) in [5.41, 5.74) is 1.06. The molecule has 2 aromatic rings. The number of anilines is 2. The molecule has 5 rings (SSSR count). The highest BCUT2D eigenvalue weighted by Crippen LogP contribution is 2.53. The molecule has 1 aromatic carbocycles. The van der Waals surface area contributed by atoms with Gasteiger partial charge in [-0.1, -0.05) is 6.07 Å². The van der Waals surface area contributed by atoms with Crippen LogP contribution < -0.4 is 36.7 Å². The molecule has 1 aromatic heterocycles. The number of nitrogens with zero attached hydrogens (tertiary/aromatic N) is 3. The number of carbonyl (C=O) groups excluding carboxylic acids is 2. The third kappa shape index (κ3) is 4.44. The Morgan fingerprint density at radius 2 is 1.91 bits per heavy atom. The molecular formula is C23H26BrFN4O3. The summed E-state index contributed by atoms with van der Waals surface area (Å²) in [7, 11) is 0. The number of hydrogen-bond acceptors (Lipinski definition) is 4.